The average molecular weight is 194 g/mol. The number of benzene rings is 1. The van der Waals surface area contributed by atoms with Crippen LogP contribution in [0.4, 0.5) is 4.39 Å². The van der Waals surface area contributed by atoms with Crippen LogP contribution >= 0.6 is 0 Å². The lowest BCUT2D eigenvalue weighted by Gasteiger charge is -2.19. The molecule has 0 fully saturated rings. The maximum absolute atomic E-state index is 12.7. The topological polar surface area (TPSA) is 0 Å². The summed E-state index contributed by atoms with van der Waals surface area (Å²) < 4.78 is 12.7. The maximum Gasteiger partial charge on any atom is 0.123 e. The zero-order valence-corrected chi connectivity index (χ0v) is 9.26. The first-order chi connectivity index (χ1) is 6.65. The van der Waals surface area contributed by atoms with Crippen LogP contribution in [0.5, 0.6) is 0 Å². The molecular formula is C13H19F. The molecule has 1 aromatic carbocycles. The van der Waals surface area contributed by atoms with Gasteiger partial charge in [-0.05, 0) is 29.5 Å². The van der Waals surface area contributed by atoms with Crippen LogP contribution in [0.3, 0.4) is 0 Å². The Morgan fingerprint density at radius 2 is 1.71 bits per heavy atom. The van der Waals surface area contributed by atoms with Gasteiger partial charge in [0.15, 0.2) is 0 Å². The second-order valence-electron chi connectivity index (χ2n) is 4.11. The van der Waals surface area contributed by atoms with Gasteiger partial charge in [-0.25, -0.2) is 4.39 Å². The average Bonchev–Trinajstić information content (AvgIpc) is 2.18. The summed E-state index contributed by atoms with van der Waals surface area (Å²) in [5.41, 5.74) is 1.24. The lowest BCUT2D eigenvalue weighted by atomic mass is 9.86. The van der Waals surface area contributed by atoms with E-state index in [1.54, 1.807) is 12.1 Å². The van der Waals surface area contributed by atoms with Crippen molar-refractivity contribution in [2.45, 2.75) is 39.5 Å². The highest BCUT2D eigenvalue weighted by Gasteiger charge is 2.12. The highest BCUT2D eigenvalue weighted by molar-refractivity contribution is 5.20. The Morgan fingerprint density at radius 3 is 2.21 bits per heavy atom. The van der Waals surface area contributed by atoms with Gasteiger partial charge in [0.1, 0.15) is 5.82 Å². The van der Waals surface area contributed by atoms with Gasteiger partial charge in [0.25, 0.3) is 0 Å². The van der Waals surface area contributed by atoms with Crippen LogP contribution in [0, 0.1) is 11.7 Å². The number of hydrogen-bond donors (Lipinski definition) is 0. The fourth-order valence-corrected chi connectivity index (χ4v) is 1.80. The van der Waals surface area contributed by atoms with Crippen molar-refractivity contribution in [1.29, 1.82) is 0 Å². The Bertz CT molecular complexity index is 263. The van der Waals surface area contributed by atoms with Crippen molar-refractivity contribution in [3.8, 4) is 0 Å². The SMILES string of the molecule is CCCC(C)C(C)c1ccc(F)cc1. The van der Waals surface area contributed by atoms with Gasteiger partial charge >= 0.3 is 0 Å². The van der Waals surface area contributed by atoms with E-state index in [4.69, 9.17) is 0 Å². The smallest absolute Gasteiger partial charge is 0.123 e. The molecule has 1 rings (SSSR count). The van der Waals surface area contributed by atoms with E-state index in [1.807, 2.05) is 12.1 Å². The largest absolute Gasteiger partial charge is 0.207 e. The lowest BCUT2D eigenvalue weighted by Crippen LogP contribution is -2.05. The van der Waals surface area contributed by atoms with Crippen LogP contribution in [-0.4, -0.2) is 0 Å². The standard InChI is InChI=1S/C13H19F/c1-4-5-10(2)11(3)12-6-8-13(14)9-7-12/h6-11H,4-5H2,1-3H3. The van der Waals surface area contributed by atoms with Gasteiger partial charge < -0.3 is 0 Å². The molecule has 78 valence electrons. The molecule has 2 atom stereocenters. The van der Waals surface area contributed by atoms with E-state index in [0.29, 0.717) is 11.8 Å². The molecule has 2 unspecified atom stereocenters. The van der Waals surface area contributed by atoms with Crippen molar-refractivity contribution in [2.24, 2.45) is 5.92 Å². The van der Waals surface area contributed by atoms with E-state index in [2.05, 4.69) is 20.8 Å². The molecule has 0 radical (unpaired) electrons. The summed E-state index contributed by atoms with van der Waals surface area (Å²) >= 11 is 0. The van der Waals surface area contributed by atoms with E-state index >= 15 is 0 Å². The van der Waals surface area contributed by atoms with E-state index in [0.717, 1.165) is 0 Å². The second kappa shape index (κ2) is 5.14. The molecule has 0 saturated heterocycles. The third-order valence-corrected chi connectivity index (χ3v) is 2.99. The third kappa shape index (κ3) is 2.83. The quantitative estimate of drug-likeness (QED) is 0.667. The van der Waals surface area contributed by atoms with Crippen molar-refractivity contribution in [2.75, 3.05) is 0 Å². The summed E-state index contributed by atoms with van der Waals surface area (Å²) in [4.78, 5) is 0. The fraction of sp³-hybridized carbons (Fsp3) is 0.538. The summed E-state index contributed by atoms with van der Waals surface area (Å²) in [5.74, 6) is 1.05. The van der Waals surface area contributed by atoms with Gasteiger partial charge in [0.2, 0.25) is 0 Å². The van der Waals surface area contributed by atoms with Crippen LogP contribution in [-0.2, 0) is 0 Å². The first-order valence-electron chi connectivity index (χ1n) is 5.40. The zero-order valence-electron chi connectivity index (χ0n) is 9.26. The van der Waals surface area contributed by atoms with Crippen molar-refractivity contribution < 1.29 is 4.39 Å². The van der Waals surface area contributed by atoms with Gasteiger partial charge in [0, 0.05) is 0 Å². The Labute approximate surface area is 86.2 Å². The molecule has 0 bridgehead atoms. The molecule has 0 aliphatic rings. The minimum Gasteiger partial charge on any atom is -0.207 e. The molecular weight excluding hydrogens is 175 g/mol. The van der Waals surface area contributed by atoms with Crippen LogP contribution < -0.4 is 0 Å². The normalized spacial score (nSPS) is 15.1. The second-order valence-corrected chi connectivity index (χ2v) is 4.11. The summed E-state index contributed by atoms with van der Waals surface area (Å²) in [6, 6.07) is 6.88. The van der Waals surface area contributed by atoms with Crippen molar-refractivity contribution >= 4 is 0 Å². The highest BCUT2D eigenvalue weighted by Crippen LogP contribution is 2.27. The minimum absolute atomic E-state index is 0.149. The monoisotopic (exact) mass is 194 g/mol. The lowest BCUT2D eigenvalue weighted by molar-refractivity contribution is 0.447. The predicted octanol–water partition coefficient (Wildman–Crippen LogP) is 4.37. The highest BCUT2D eigenvalue weighted by atomic mass is 19.1. The molecule has 1 aromatic rings. The van der Waals surface area contributed by atoms with Gasteiger partial charge in [-0.1, -0.05) is 45.7 Å². The molecule has 14 heavy (non-hydrogen) atoms. The molecule has 0 amide bonds. The molecule has 0 aliphatic carbocycles. The number of rotatable bonds is 4. The van der Waals surface area contributed by atoms with Gasteiger partial charge in [-0.15, -0.1) is 0 Å². The summed E-state index contributed by atoms with van der Waals surface area (Å²) in [6.07, 6.45) is 2.45. The Morgan fingerprint density at radius 1 is 1.14 bits per heavy atom. The van der Waals surface area contributed by atoms with Gasteiger partial charge in [0.05, 0.1) is 0 Å². The van der Waals surface area contributed by atoms with Gasteiger partial charge in [-0.2, -0.15) is 0 Å². The zero-order chi connectivity index (χ0) is 10.6. The molecule has 0 nitrogen and oxygen atoms in total. The molecule has 0 heterocycles. The van der Waals surface area contributed by atoms with Crippen LogP contribution in [0.1, 0.15) is 45.1 Å². The predicted molar refractivity (Wildman–Crippen MR) is 58.9 cm³/mol. The summed E-state index contributed by atoms with van der Waals surface area (Å²) in [7, 11) is 0. The van der Waals surface area contributed by atoms with Crippen LogP contribution in [0.2, 0.25) is 0 Å². The third-order valence-electron chi connectivity index (χ3n) is 2.99. The molecule has 0 spiro atoms. The van der Waals surface area contributed by atoms with E-state index < -0.39 is 0 Å². The number of halogens is 1. The van der Waals surface area contributed by atoms with E-state index in [9.17, 15) is 4.39 Å². The van der Waals surface area contributed by atoms with Crippen LogP contribution in [0.15, 0.2) is 24.3 Å². The van der Waals surface area contributed by atoms with Crippen molar-refractivity contribution in [3.63, 3.8) is 0 Å². The molecule has 0 N–H and O–H groups in total. The Hall–Kier alpha value is -0.850. The molecule has 0 aliphatic heterocycles. The molecule has 0 aromatic heterocycles. The summed E-state index contributed by atoms with van der Waals surface area (Å²) in [5, 5.41) is 0. The van der Waals surface area contributed by atoms with Gasteiger partial charge in [-0.3, -0.25) is 0 Å². The van der Waals surface area contributed by atoms with E-state index in [-0.39, 0.29) is 5.82 Å². The molecule has 1 heteroatoms. The minimum atomic E-state index is -0.149. The first-order valence-corrected chi connectivity index (χ1v) is 5.40. The fourth-order valence-electron chi connectivity index (χ4n) is 1.80. The number of hydrogen-bond acceptors (Lipinski definition) is 0. The Kier molecular flexibility index (Phi) is 4.12. The first kappa shape index (κ1) is 11.2. The van der Waals surface area contributed by atoms with Crippen molar-refractivity contribution in [1.82, 2.24) is 0 Å². The maximum atomic E-state index is 12.7. The summed E-state index contributed by atoms with van der Waals surface area (Å²) in [6.45, 7) is 6.68. The van der Waals surface area contributed by atoms with E-state index in [1.165, 1.54) is 18.4 Å². The molecule has 0 saturated carbocycles. The Balaban J connectivity index is 2.68. The van der Waals surface area contributed by atoms with Crippen LogP contribution in [0.25, 0.3) is 0 Å². The van der Waals surface area contributed by atoms with Crippen molar-refractivity contribution in [3.05, 3.63) is 35.6 Å².